The SMILES string of the molecule is CCOC(=O)c1sc(NC(=O)C=Cc2ccccc2Cl)c(C(=O)OCC)c1C. The number of anilines is 1. The number of esters is 2. The molecule has 1 amide bonds. The van der Waals surface area contributed by atoms with Crippen molar-refractivity contribution in [3.8, 4) is 0 Å². The summed E-state index contributed by atoms with van der Waals surface area (Å²) in [5.41, 5.74) is 1.24. The molecule has 0 aliphatic rings. The maximum absolute atomic E-state index is 12.3. The highest BCUT2D eigenvalue weighted by molar-refractivity contribution is 7.18. The minimum Gasteiger partial charge on any atom is -0.462 e. The first kappa shape index (κ1) is 21.7. The molecule has 1 heterocycles. The molecule has 0 atom stereocenters. The average Bonchev–Trinajstić information content (AvgIpc) is 2.97. The Bertz CT molecular complexity index is 919. The third-order valence-corrected chi connectivity index (χ3v) is 5.17. The highest BCUT2D eigenvalue weighted by Crippen LogP contribution is 2.34. The van der Waals surface area contributed by atoms with Crippen molar-refractivity contribution < 1.29 is 23.9 Å². The molecule has 8 heteroatoms. The van der Waals surface area contributed by atoms with Crippen molar-refractivity contribution in [2.45, 2.75) is 20.8 Å². The molecule has 1 aromatic heterocycles. The number of carbonyl (C=O) groups is 3. The molecule has 2 aromatic rings. The van der Waals surface area contributed by atoms with E-state index in [2.05, 4.69) is 5.32 Å². The molecule has 0 unspecified atom stereocenters. The smallest absolute Gasteiger partial charge is 0.348 e. The van der Waals surface area contributed by atoms with Gasteiger partial charge in [-0.1, -0.05) is 29.8 Å². The van der Waals surface area contributed by atoms with E-state index in [1.165, 1.54) is 6.08 Å². The third kappa shape index (κ3) is 5.21. The van der Waals surface area contributed by atoms with Crippen LogP contribution in [-0.4, -0.2) is 31.1 Å². The largest absolute Gasteiger partial charge is 0.462 e. The van der Waals surface area contributed by atoms with Gasteiger partial charge in [0.05, 0.1) is 18.8 Å². The predicted octanol–water partition coefficient (Wildman–Crippen LogP) is 4.72. The Hall–Kier alpha value is -2.64. The zero-order valence-corrected chi connectivity index (χ0v) is 17.3. The molecule has 0 saturated carbocycles. The van der Waals surface area contributed by atoms with Crippen LogP contribution in [0.1, 0.15) is 45.0 Å². The second-order valence-electron chi connectivity index (χ2n) is 5.55. The molecule has 28 heavy (non-hydrogen) atoms. The van der Waals surface area contributed by atoms with Gasteiger partial charge in [-0.2, -0.15) is 0 Å². The molecular weight excluding hydrogens is 402 g/mol. The fourth-order valence-electron chi connectivity index (χ4n) is 2.37. The van der Waals surface area contributed by atoms with Crippen molar-refractivity contribution in [2.75, 3.05) is 18.5 Å². The summed E-state index contributed by atoms with van der Waals surface area (Å²) < 4.78 is 10.1. The number of nitrogens with one attached hydrogen (secondary N) is 1. The van der Waals surface area contributed by atoms with Crippen LogP contribution < -0.4 is 5.32 Å². The van der Waals surface area contributed by atoms with E-state index in [4.69, 9.17) is 21.1 Å². The van der Waals surface area contributed by atoms with Gasteiger partial charge in [0, 0.05) is 11.1 Å². The van der Waals surface area contributed by atoms with Crippen LogP contribution in [0.5, 0.6) is 0 Å². The van der Waals surface area contributed by atoms with Crippen molar-refractivity contribution >= 4 is 51.9 Å². The third-order valence-electron chi connectivity index (χ3n) is 3.64. The average molecular weight is 422 g/mol. The molecule has 0 aliphatic heterocycles. The number of carbonyl (C=O) groups excluding carboxylic acids is 3. The number of hydrogen-bond acceptors (Lipinski definition) is 6. The van der Waals surface area contributed by atoms with Gasteiger partial charge in [0.25, 0.3) is 0 Å². The van der Waals surface area contributed by atoms with Gasteiger partial charge in [-0.15, -0.1) is 11.3 Å². The number of benzene rings is 1. The number of ether oxygens (including phenoxy) is 2. The van der Waals surface area contributed by atoms with Gasteiger partial charge in [0.1, 0.15) is 9.88 Å². The Labute approximate surface area is 172 Å². The maximum atomic E-state index is 12.3. The lowest BCUT2D eigenvalue weighted by atomic mass is 10.1. The number of thiophene rings is 1. The van der Waals surface area contributed by atoms with Crippen LogP contribution in [-0.2, 0) is 14.3 Å². The molecule has 6 nitrogen and oxygen atoms in total. The lowest BCUT2D eigenvalue weighted by Crippen LogP contribution is -2.13. The lowest BCUT2D eigenvalue weighted by molar-refractivity contribution is -0.111. The summed E-state index contributed by atoms with van der Waals surface area (Å²) in [6, 6.07) is 7.07. The van der Waals surface area contributed by atoms with Crippen molar-refractivity contribution in [3.63, 3.8) is 0 Å². The summed E-state index contributed by atoms with van der Waals surface area (Å²) >= 11 is 7.04. The fourth-order valence-corrected chi connectivity index (χ4v) is 3.66. The fraction of sp³-hybridized carbons (Fsp3) is 0.250. The molecule has 1 aromatic carbocycles. The molecular formula is C20H20ClNO5S. The Morgan fingerprint density at radius 3 is 2.39 bits per heavy atom. The molecule has 0 saturated heterocycles. The molecule has 1 N–H and O–H groups in total. The first-order valence-corrected chi connectivity index (χ1v) is 9.79. The van der Waals surface area contributed by atoms with Crippen LogP contribution in [0.25, 0.3) is 6.08 Å². The highest BCUT2D eigenvalue weighted by atomic mass is 35.5. The van der Waals surface area contributed by atoms with E-state index in [0.717, 1.165) is 11.3 Å². The first-order chi connectivity index (χ1) is 13.4. The van der Waals surface area contributed by atoms with E-state index in [1.807, 2.05) is 0 Å². The van der Waals surface area contributed by atoms with Crippen LogP contribution in [0.3, 0.4) is 0 Å². The van der Waals surface area contributed by atoms with E-state index < -0.39 is 17.8 Å². The number of halogens is 1. The maximum Gasteiger partial charge on any atom is 0.348 e. The molecule has 0 radical (unpaired) electrons. The normalized spacial score (nSPS) is 10.7. The minimum absolute atomic E-state index is 0.148. The molecule has 0 bridgehead atoms. The van der Waals surface area contributed by atoms with E-state index in [1.54, 1.807) is 51.1 Å². The first-order valence-electron chi connectivity index (χ1n) is 8.60. The van der Waals surface area contributed by atoms with Crippen molar-refractivity contribution in [2.24, 2.45) is 0 Å². The van der Waals surface area contributed by atoms with E-state index >= 15 is 0 Å². The lowest BCUT2D eigenvalue weighted by Gasteiger charge is -2.05. The summed E-state index contributed by atoms with van der Waals surface area (Å²) in [4.78, 5) is 37.1. The monoisotopic (exact) mass is 421 g/mol. The number of hydrogen-bond donors (Lipinski definition) is 1. The standard InChI is InChI=1S/C20H20ClNO5S/c1-4-26-19(24)16-12(3)17(20(25)27-5-2)28-18(16)22-15(23)11-10-13-8-6-7-9-14(13)21/h6-11H,4-5H2,1-3H3,(H,22,23). The van der Waals surface area contributed by atoms with E-state index in [9.17, 15) is 14.4 Å². The van der Waals surface area contributed by atoms with Crippen LogP contribution in [0.4, 0.5) is 5.00 Å². The van der Waals surface area contributed by atoms with Crippen LogP contribution in [0.2, 0.25) is 5.02 Å². The van der Waals surface area contributed by atoms with Gasteiger partial charge in [-0.25, -0.2) is 9.59 Å². The van der Waals surface area contributed by atoms with Gasteiger partial charge < -0.3 is 14.8 Å². The van der Waals surface area contributed by atoms with Gasteiger partial charge in [-0.05, 0) is 44.0 Å². The molecule has 2 rings (SSSR count). The quantitative estimate of drug-likeness (QED) is 0.517. The Morgan fingerprint density at radius 1 is 1.11 bits per heavy atom. The molecule has 0 spiro atoms. The summed E-state index contributed by atoms with van der Waals surface area (Å²) in [5.74, 6) is -1.64. The number of rotatable bonds is 7. The molecule has 148 valence electrons. The van der Waals surface area contributed by atoms with E-state index in [0.29, 0.717) is 16.1 Å². The van der Waals surface area contributed by atoms with Gasteiger partial charge in [0.2, 0.25) is 5.91 Å². The topological polar surface area (TPSA) is 81.7 Å². The Morgan fingerprint density at radius 2 is 1.75 bits per heavy atom. The van der Waals surface area contributed by atoms with Gasteiger partial charge >= 0.3 is 11.9 Å². The van der Waals surface area contributed by atoms with Crippen molar-refractivity contribution in [3.05, 3.63) is 56.9 Å². The van der Waals surface area contributed by atoms with Crippen molar-refractivity contribution in [1.82, 2.24) is 0 Å². The molecule has 0 aliphatic carbocycles. The predicted molar refractivity (Wildman–Crippen MR) is 110 cm³/mol. The van der Waals surface area contributed by atoms with Crippen LogP contribution >= 0.6 is 22.9 Å². The second kappa shape index (κ2) is 10.1. The van der Waals surface area contributed by atoms with Gasteiger partial charge in [-0.3, -0.25) is 4.79 Å². The summed E-state index contributed by atoms with van der Waals surface area (Å²) in [7, 11) is 0. The Balaban J connectivity index is 2.31. The zero-order chi connectivity index (χ0) is 20.7. The van der Waals surface area contributed by atoms with Gasteiger partial charge in [0.15, 0.2) is 0 Å². The highest BCUT2D eigenvalue weighted by Gasteiger charge is 2.27. The van der Waals surface area contributed by atoms with Crippen molar-refractivity contribution in [1.29, 1.82) is 0 Å². The van der Waals surface area contributed by atoms with Crippen LogP contribution in [0, 0.1) is 6.92 Å². The summed E-state index contributed by atoms with van der Waals surface area (Å²) in [5, 5.41) is 3.38. The zero-order valence-electron chi connectivity index (χ0n) is 15.7. The number of amides is 1. The minimum atomic E-state index is -0.614. The van der Waals surface area contributed by atoms with E-state index in [-0.39, 0.29) is 28.7 Å². The molecule has 0 fully saturated rings. The second-order valence-corrected chi connectivity index (χ2v) is 6.97. The summed E-state index contributed by atoms with van der Waals surface area (Å²) in [6.07, 6.45) is 2.86. The summed E-state index contributed by atoms with van der Waals surface area (Å²) in [6.45, 7) is 5.35. The van der Waals surface area contributed by atoms with Crippen LogP contribution in [0.15, 0.2) is 30.3 Å². The Kier molecular flexibility index (Phi) is 7.78.